The molecular formula is C13H17FN2O3S. The summed E-state index contributed by atoms with van der Waals surface area (Å²) in [5.41, 5.74) is 0.709. The molecule has 110 valence electrons. The van der Waals surface area contributed by atoms with Crippen LogP contribution >= 0.6 is 0 Å². The zero-order valence-corrected chi connectivity index (χ0v) is 12.2. The van der Waals surface area contributed by atoms with E-state index in [9.17, 15) is 17.6 Å². The van der Waals surface area contributed by atoms with Crippen molar-refractivity contribution in [3.63, 3.8) is 0 Å². The summed E-state index contributed by atoms with van der Waals surface area (Å²) in [5.74, 6) is -1.30. The number of carbonyl (C=O) groups excluding carboxylic acids is 1. The van der Waals surface area contributed by atoms with Gasteiger partial charge in [0, 0.05) is 18.7 Å². The first kappa shape index (κ1) is 16.3. The molecule has 0 aliphatic rings. The molecule has 0 spiro atoms. The second-order valence-corrected chi connectivity index (χ2v) is 6.06. The van der Waals surface area contributed by atoms with Crippen molar-refractivity contribution in [2.45, 2.75) is 18.7 Å². The largest absolute Gasteiger partial charge is 0.335 e. The molecule has 2 N–H and O–H groups in total. The van der Waals surface area contributed by atoms with E-state index >= 15 is 0 Å². The molecule has 0 radical (unpaired) electrons. The minimum Gasteiger partial charge on any atom is -0.335 e. The lowest BCUT2D eigenvalue weighted by Gasteiger charge is -2.21. The molecule has 0 atom stereocenters. The van der Waals surface area contributed by atoms with Crippen LogP contribution in [0.3, 0.4) is 0 Å². The van der Waals surface area contributed by atoms with Crippen LogP contribution in [0.15, 0.2) is 35.2 Å². The highest BCUT2D eigenvalue weighted by molar-refractivity contribution is 7.89. The molecule has 0 fully saturated rings. The number of nitrogens with zero attached hydrogens (tertiary/aromatic N) is 1. The van der Waals surface area contributed by atoms with E-state index in [4.69, 9.17) is 5.14 Å². The van der Waals surface area contributed by atoms with Gasteiger partial charge in [-0.2, -0.15) is 0 Å². The molecule has 0 heterocycles. The van der Waals surface area contributed by atoms with Crippen molar-refractivity contribution in [1.29, 1.82) is 0 Å². The summed E-state index contributed by atoms with van der Waals surface area (Å²) in [4.78, 5) is 13.2. The Kier molecular flexibility index (Phi) is 5.02. The number of halogens is 1. The van der Waals surface area contributed by atoms with Gasteiger partial charge in [-0.05, 0) is 32.0 Å². The Morgan fingerprint density at radius 2 is 2.00 bits per heavy atom. The fraction of sp³-hybridized carbons (Fsp3) is 0.308. The molecule has 5 nitrogen and oxygen atoms in total. The highest BCUT2D eigenvalue weighted by atomic mass is 32.2. The summed E-state index contributed by atoms with van der Waals surface area (Å²) in [6, 6.07) is 2.83. The Morgan fingerprint density at radius 3 is 2.45 bits per heavy atom. The predicted octanol–water partition coefficient (Wildman–Crippen LogP) is 1.51. The fourth-order valence-corrected chi connectivity index (χ4v) is 2.25. The van der Waals surface area contributed by atoms with Gasteiger partial charge in [0.05, 0.1) is 4.90 Å². The number of hydrogen-bond donors (Lipinski definition) is 1. The smallest absolute Gasteiger partial charge is 0.254 e. The Hall–Kier alpha value is -1.73. The van der Waals surface area contributed by atoms with Crippen LogP contribution in [-0.2, 0) is 10.0 Å². The number of primary sulfonamides is 1. The van der Waals surface area contributed by atoms with Crippen LogP contribution in [0.1, 0.15) is 24.2 Å². The molecule has 0 saturated carbocycles. The summed E-state index contributed by atoms with van der Waals surface area (Å²) < 4.78 is 35.9. The quantitative estimate of drug-likeness (QED) is 0.837. The third kappa shape index (κ3) is 4.14. The second-order valence-electron chi connectivity index (χ2n) is 4.50. The lowest BCUT2D eigenvalue weighted by molar-refractivity contribution is 0.0777. The fourth-order valence-electron chi connectivity index (χ4n) is 1.69. The number of benzene rings is 1. The van der Waals surface area contributed by atoms with Gasteiger partial charge in [-0.15, -0.1) is 0 Å². The minimum atomic E-state index is -4.07. The SMILES string of the molecule is C=C(C)CN(CC)C(=O)c1cc(F)cc(S(N)(=O)=O)c1. The summed E-state index contributed by atoms with van der Waals surface area (Å²) in [6.45, 7) is 7.95. The maximum absolute atomic E-state index is 13.4. The molecule has 1 aromatic rings. The monoisotopic (exact) mass is 300 g/mol. The number of hydrogen-bond acceptors (Lipinski definition) is 3. The van der Waals surface area contributed by atoms with Crippen molar-refractivity contribution in [2.24, 2.45) is 5.14 Å². The maximum atomic E-state index is 13.4. The first-order valence-corrected chi connectivity index (χ1v) is 7.46. The van der Waals surface area contributed by atoms with Gasteiger partial charge in [0.15, 0.2) is 0 Å². The molecule has 0 aliphatic carbocycles. The summed E-state index contributed by atoms with van der Waals surface area (Å²) in [5, 5.41) is 4.95. The zero-order chi connectivity index (χ0) is 15.5. The molecule has 1 amide bonds. The first-order valence-electron chi connectivity index (χ1n) is 5.92. The lowest BCUT2D eigenvalue weighted by Crippen LogP contribution is -2.32. The van der Waals surface area contributed by atoms with Crippen molar-refractivity contribution in [3.8, 4) is 0 Å². The number of rotatable bonds is 5. The molecule has 20 heavy (non-hydrogen) atoms. The topological polar surface area (TPSA) is 80.5 Å². The third-order valence-electron chi connectivity index (χ3n) is 2.58. The highest BCUT2D eigenvalue weighted by Crippen LogP contribution is 2.15. The first-order chi connectivity index (χ1) is 9.15. The Balaban J connectivity index is 3.22. The summed E-state index contributed by atoms with van der Waals surface area (Å²) in [7, 11) is -4.07. The molecule has 0 bridgehead atoms. The van der Waals surface area contributed by atoms with E-state index in [1.165, 1.54) is 4.90 Å². The molecule has 7 heteroatoms. The lowest BCUT2D eigenvalue weighted by atomic mass is 10.2. The predicted molar refractivity (Wildman–Crippen MR) is 74.2 cm³/mol. The third-order valence-corrected chi connectivity index (χ3v) is 3.47. The molecule has 0 saturated heterocycles. The number of sulfonamides is 1. The normalized spacial score (nSPS) is 11.2. The molecule has 0 aliphatic heterocycles. The highest BCUT2D eigenvalue weighted by Gasteiger charge is 2.18. The van der Waals surface area contributed by atoms with Crippen molar-refractivity contribution in [2.75, 3.05) is 13.1 Å². The number of nitrogens with two attached hydrogens (primary N) is 1. The van der Waals surface area contributed by atoms with E-state index < -0.39 is 26.6 Å². The summed E-state index contributed by atoms with van der Waals surface area (Å²) >= 11 is 0. The van der Waals surface area contributed by atoms with Gasteiger partial charge in [-0.3, -0.25) is 4.79 Å². The van der Waals surface area contributed by atoms with Gasteiger partial charge >= 0.3 is 0 Å². The van der Waals surface area contributed by atoms with Gasteiger partial charge in [-0.1, -0.05) is 12.2 Å². The van der Waals surface area contributed by atoms with E-state index in [0.717, 1.165) is 23.8 Å². The van der Waals surface area contributed by atoms with Gasteiger partial charge in [0.1, 0.15) is 5.82 Å². The number of amides is 1. The Bertz CT molecular complexity index is 641. The van der Waals surface area contributed by atoms with Crippen LogP contribution in [0.4, 0.5) is 4.39 Å². The Morgan fingerprint density at radius 1 is 1.40 bits per heavy atom. The standard InChI is InChI=1S/C13H17FN2O3S/c1-4-16(8-9(2)3)13(17)10-5-11(14)7-12(6-10)20(15,18)19/h5-7H,2,4,8H2,1,3H3,(H2,15,18,19). The van der Waals surface area contributed by atoms with E-state index in [1.54, 1.807) is 13.8 Å². The van der Waals surface area contributed by atoms with E-state index in [-0.39, 0.29) is 5.56 Å². The molecule has 0 aromatic heterocycles. The summed E-state index contributed by atoms with van der Waals surface area (Å²) in [6.07, 6.45) is 0. The van der Waals surface area contributed by atoms with E-state index in [0.29, 0.717) is 13.1 Å². The Labute approximate surface area is 117 Å². The molecule has 1 rings (SSSR count). The van der Waals surface area contributed by atoms with Crippen LogP contribution < -0.4 is 5.14 Å². The van der Waals surface area contributed by atoms with Crippen LogP contribution in [-0.4, -0.2) is 32.3 Å². The van der Waals surface area contributed by atoms with Gasteiger partial charge in [0.25, 0.3) is 5.91 Å². The average molecular weight is 300 g/mol. The van der Waals surface area contributed by atoms with Gasteiger partial charge < -0.3 is 4.90 Å². The van der Waals surface area contributed by atoms with E-state index in [2.05, 4.69) is 6.58 Å². The average Bonchev–Trinajstić information content (AvgIpc) is 2.33. The van der Waals surface area contributed by atoms with Crippen molar-refractivity contribution < 1.29 is 17.6 Å². The van der Waals surface area contributed by atoms with Gasteiger partial charge in [-0.25, -0.2) is 17.9 Å². The number of carbonyl (C=O) groups is 1. The minimum absolute atomic E-state index is 0.0582. The molecular weight excluding hydrogens is 283 g/mol. The number of likely N-dealkylation sites (N-methyl/N-ethyl adjacent to an activating group) is 1. The van der Waals surface area contributed by atoms with Crippen molar-refractivity contribution >= 4 is 15.9 Å². The van der Waals surface area contributed by atoms with Crippen LogP contribution in [0, 0.1) is 5.82 Å². The van der Waals surface area contributed by atoms with Crippen molar-refractivity contribution in [1.82, 2.24) is 4.90 Å². The van der Waals surface area contributed by atoms with Crippen LogP contribution in [0.5, 0.6) is 0 Å². The van der Waals surface area contributed by atoms with Crippen LogP contribution in [0.2, 0.25) is 0 Å². The maximum Gasteiger partial charge on any atom is 0.254 e. The zero-order valence-electron chi connectivity index (χ0n) is 11.4. The molecule has 0 unspecified atom stereocenters. The van der Waals surface area contributed by atoms with Gasteiger partial charge in [0.2, 0.25) is 10.0 Å². The molecule has 1 aromatic carbocycles. The second kappa shape index (κ2) is 6.15. The van der Waals surface area contributed by atoms with Crippen molar-refractivity contribution in [3.05, 3.63) is 41.7 Å². The van der Waals surface area contributed by atoms with Crippen LogP contribution in [0.25, 0.3) is 0 Å². The van der Waals surface area contributed by atoms with E-state index in [1.807, 2.05) is 0 Å².